The van der Waals surface area contributed by atoms with Crippen LogP contribution in [0.4, 0.5) is 0 Å². The van der Waals surface area contributed by atoms with E-state index in [0.717, 1.165) is 31.8 Å². The monoisotopic (exact) mass is 291 g/mol. The number of likely N-dealkylation sites (N-methyl/N-ethyl adjacent to an activating group) is 1. The van der Waals surface area contributed by atoms with Crippen LogP contribution in [0, 0.1) is 0 Å². The Morgan fingerprint density at radius 3 is 2.76 bits per heavy atom. The Labute approximate surface area is 126 Å². The summed E-state index contributed by atoms with van der Waals surface area (Å²) < 4.78 is 5.55. The van der Waals surface area contributed by atoms with E-state index in [0.29, 0.717) is 6.42 Å². The summed E-state index contributed by atoms with van der Waals surface area (Å²) >= 11 is 0. The zero-order valence-corrected chi connectivity index (χ0v) is 12.8. The Morgan fingerprint density at radius 2 is 2.19 bits per heavy atom. The van der Waals surface area contributed by atoms with Gasteiger partial charge in [-0.2, -0.15) is 0 Å². The van der Waals surface area contributed by atoms with Gasteiger partial charge in [-0.15, -0.1) is 0 Å². The van der Waals surface area contributed by atoms with E-state index in [9.17, 15) is 4.79 Å². The van der Waals surface area contributed by atoms with Gasteiger partial charge in [0.05, 0.1) is 12.7 Å². The number of nitrogens with two attached hydrogens (primary N) is 1. The Morgan fingerprint density at radius 1 is 1.48 bits per heavy atom. The molecule has 1 aromatic rings. The van der Waals surface area contributed by atoms with Gasteiger partial charge in [0.2, 0.25) is 5.91 Å². The Kier molecular flexibility index (Phi) is 5.33. The normalized spacial score (nSPS) is 22.7. The average molecular weight is 291 g/mol. The number of nitrogens with one attached hydrogen (secondary N) is 1. The maximum Gasteiger partial charge on any atom is 0.242 e. The van der Waals surface area contributed by atoms with Crippen molar-refractivity contribution >= 4 is 5.91 Å². The van der Waals surface area contributed by atoms with Gasteiger partial charge in [-0.25, -0.2) is 0 Å². The zero-order chi connectivity index (χ0) is 15.3. The molecule has 1 saturated heterocycles. The second kappa shape index (κ2) is 7.02. The molecular formula is C16H25N3O2. The molecule has 0 aromatic heterocycles. The van der Waals surface area contributed by atoms with Crippen LogP contribution in [0.5, 0.6) is 0 Å². The molecule has 1 aromatic carbocycles. The number of amides is 1. The van der Waals surface area contributed by atoms with Crippen molar-refractivity contribution in [3.8, 4) is 0 Å². The number of hydrogen-bond donors (Lipinski definition) is 2. The van der Waals surface area contributed by atoms with E-state index in [4.69, 9.17) is 10.5 Å². The molecule has 3 N–H and O–H groups in total. The molecule has 2 unspecified atom stereocenters. The van der Waals surface area contributed by atoms with Crippen LogP contribution in [0.1, 0.15) is 18.9 Å². The Hall–Kier alpha value is -1.43. The highest BCUT2D eigenvalue weighted by molar-refractivity contribution is 5.86. The maximum absolute atomic E-state index is 12.1. The van der Waals surface area contributed by atoms with Crippen LogP contribution in [-0.2, 0) is 15.1 Å². The van der Waals surface area contributed by atoms with Gasteiger partial charge in [0.25, 0.3) is 0 Å². The average Bonchev–Trinajstić information content (AvgIpc) is 2.49. The van der Waals surface area contributed by atoms with Crippen molar-refractivity contribution in [3.63, 3.8) is 0 Å². The first-order chi connectivity index (χ1) is 10.1. The van der Waals surface area contributed by atoms with Gasteiger partial charge in [-0.1, -0.05) is 30.3 Å². The fourth-order valence-electron chi connectivity index (χ4n) is 2.94. The van der Waals surface area contributed by atoms with Gasteiger partial charge in [-0.3, -0.25) is 9.69 Å². The van der Waals surface area contributed by atoms with Crippen LogP contribution in [0.25, 0.3) is 0 Å². The van der Waals surface area contributed by atoms with E-state index in [2.05, 4.69) is 17.1 Å². The minimum Gasteiger partial charge on any atom is -0.376 e. The van der Waals surface area contributed by atoms with E-state index in [1.54, 1.807) is 7.05 Å². The zero-order valence-electron chi connectivity index (χ0n) is 12.8. The SMILES string of the molecule is CNC(CCN1CCOC(C)C1)(C(N)=O)c1ccccc1. The smallest absolute Gasteiger partial charge is 0.242 e. The molecule has 1 aliphatic heterocycles. The van der Waals surface area contributed by atoms with Crippen molar-refractivity contribution in [1.82, 2.24) is 10.2 Å². The number of morpholine rings is 1. The van der Waals surface area contributed by atoms with Crippen molar-refractivity contribution in [2.75, 3.05) is 33.3 Å². The third kappa shape index (κ3) is 3.61. The van der Waals surface area contributed by atoms with Crippen molar-refractivity contribution in [2.45, 2.75) is 25.0 Å². The molecule has 0 spiro atoms. The first-order valence-corrected chi connectivity index (χ1v) is 7.47. The molecule has 1 heterocycles. The Balaban J connectivity index is 2.12. The lowest BCUT2D eigenvalue weighted by Gasteiger charge is -2.36. The molecule has 116 valence electrons. The second-order valence-corrected chi connectivity index (χ2v) is 5.62. The number of hydrogen-bond acceptors (Lipinski definition) is 4. The molecule has 2 rings (SSSR count). The first kappa shape index (κ1) is 15.9. The lowest BCUT2D eigenvalue weighted by Crippen LogP contribution is -2.53. The molecule has 1 amide bonds. The summed E-state index contributed by atoms with van der Waals surface area (Å²) in [5.41, 5.74) is 5.81. The second-order valence-electron chi connectivity index (χ2n) is 5.62. The maximum atomic E-state index is 12.1. The molecule has 0 saturated carbocycles. The number of benzene rings is 1. The molecule has 1 aliphatic rings. The topological polar surface area (TPSA) is 67.6 Å². The van der Waals surface area contributed by atoms with Gasteiger partial charge in [0.1, 0.15) is 5.54 Å². The molecule has 5 heteroatoms. The minimum absolute atomic E-state index is 0.244. The molecule has 2 atom stereocenters. The van der Waals surface area contributed by atoms with Gasteiger partial charge < -0.3 is 15.8 Å². The number of rotatable bonds is 6. The third-order valence-corrected chi connectivity index (χ3v) is 4.24. The molecule has 1 fully saturated rings. The summed E-state index contributed by atoms with van der Waals surface area (Å²) in [6.07, 6.45) is 0.892. The molecule has 0 aliphatic carbocycles. The van der Waals surface area contributed by atoms with Gasteiger partial charge >= 0.3 is 0 Å². The fourth-order valence-corrected chi connectivity index (χ4v) is 2.94. The number of ether oxygens (including phenoxy) is 1. The standard InChI is InChI=1S/C16H25N3O2/c1-13-12-19(10-11-21-13)9-8-16(18-2,15(17)20)14-6-4-3-5-7-14/h3-7,13,18H,8-12H2,1-2H3,(H2,17,20). The van der Waals surface area contributed by atoms with Crippen molar-refractivity contribution in [2.24, 2.45) is 5.73 Å². The number of primary amides is 1. The van der Waals surface area contributed by atoms with E-state index >= 15 is 0 Å². The Bertz CT molecular complexity index is 466. The molecule has 5 nitrogen and oxygen atoms in total. The van der Waals surface area contributed by atoms with Crippen LogP contribution < -0.4 is 11.1 Å². The van der Waals surface area contributed by atoms with Crippen LogP contribution in [0.2, 0.25) is 0 Å². The number of carbonyl (C=O) groups excluding carboxylic acids is 1. The summed E-state index contributed by atoms with van der Waals surface area (Å²) in [6, 6.07) is 9.70. The van der Waals surface area contributed by atoms with Crippen molar-refractivity contribution < 1.29 is 9.53 Å². The van der Waals surface area contributed by atoms with Crippen LogP contribution in [0.3, 0.4) is 0 Å². The van der Waals surface area contributed by atoms with Crippen LogP contribution >= 0.6 is 0 Å². The fraction of sp³-hybridized carbons (Fsp3) is 0.562. The molecule has 0 bridgehead atoms. The van der Waals surface area contributed by atoms with Crippen LogP contribution in [0.15, 0.2) is 30.3 Å². The quantitative estimate of drug-likeness (QED) is 0.809. The predicted octanol–water partition coefficient (Wildman–Crippen LogP) is 0.697. The summed E-state index contributed by atoms with van der Waals surface area (Å²) in [7, 11) is 1.79. The van der Waals surface area contributed by atoms with E-state index in [1.807, 2.05) is 30.3 Å². The predicted molar refractivity (Wildman–Crippen MR) is 82.8 cm³/mol. The highest BCUT2D eigenvalue weighted by atomic mass is 16.5. The summed E-state index contributed by atoms with van der Waals surface area (Å²) in [4.78, 5) is 14.4. The highest BCUT2D eigenvalue weighted by Crippen LogP contribution is 2.25. The molecule has 21 heavy (non-hydrogen) atoms. The van der Waals surface area contributed by atoms with Crippen molar-refractivity contribution in [1.29, 1.82) is 0 Å². The third-order valence-electron chi connectivity index (χ3n) is 4.24. The lowest BCUT2D eigenvalue weighted by atomic mass is 9.85. The summed E-state index contributed by atoms with van der Waals surface area (Å²) in [6.45, 7) is 5.43. The number of nitrogens with zero attached hydrogens (tertiary/aromatic N) is 1. The van der Waals surface area contributed by atoms with E-state index < -0.39 is 5.54 Å². The minimum atomic E-state index is -0.817. The number of carbonyl (C=O) groups is 1. The molecule has 0 radical (unpaired) electrons. The largest absolute Gasteiger partial charge is 0.376 e. The van der Waals surface area contributed by atoms with Gasteiger partial charge in [0, 0.05) is 19.6 Å². The first-order valence-electron chi connectivity index (χ1n) is 7.47. The molecular weight excluding hydrogens is 266 g/mol. The van der Waals surface area contributed by atoms with Gasteiger partial charge in [0.15, 0.2) is 0 Å². The van der Waals surface area contributed by atoms with E-state index in [-0.39, 0.29) is 12.0 Å². The van der Waals surface area contributed by atoms with Crippen molar-refractivity contribution in [3.05, 3.63) is 35.9 Å². The summed E-state index contributed by atoms with van der Waals surface area (Å²) in [5.74, 6) is -0.336. The lowest BCUT2D eigenvalue weighted by molar-refractivity contribution is -0.125. The summed E-state index contributed by atoms with van der Waals surface area (Å²) in [5, 5.41) is 3.15. The van der Waals surface area contributed by atoms with Crippen LogP contribution in [-0.4, -0.2) is 50.2 Å². The van der Waals surface area contributed by atoms with Gasteiger partial charge in [-0.05, 0) is 26.0 Å². The van der Waals surface area contributed by atoms with E-state index in [1.165, 1.54) is 0 Å². The highest BCUT2D eigenvalue weighted by Gasteiger charge is 2.37.